The third-order valence-corrected chi connectivity index (χ3v) is 5.58. The Bertz CT molecular complexity index is 953. The molecule has 0 bridgehead atoms. The maximum Gasteiger partial charge on any atom is 0.137 e. The molecule has 4 heteroatoms. The highest BCUT2D eigenvalue weighted by molar-refractivity contribution is 9.10. The number of hydrogen-bond donors (Lipinski definition) is 0. The molecule has 0 saturated carbocycles. The van der Waals surface area contributed by atoms with Crippen LogP contribution in [0.15, 0.2) is 65.1 Å². The van der Waals surface area contributed by atoms with E-state index in [0.717, 1.165) is 39.4 Å². The second-order valence-electron chi connectivity index (χ2n) is 6.92. The van der Waals surface area contributed by atoms with Gasteiger partial charge in [-0.2, -0.15) is 0 Å². The van der Waals surface area contributed by atoms with Crippen molar-refractivity contribution in [2.45, 2.75) is 25.9 Å². The maximum atomic E-state index is 6.29. The SMILES string of the molecule is Cc1ccc2c(c1)CC(COc1ccc(Cc3cc(Br)ccc3Cl)cc1)O2. The third kappa shape index (κ3) is 4.48. The monoisotopic (exact) mass is 442 g/mol. The summed E-state index contributed by atoms with van der Waals surface area (Å²) in [6.07, 6.45) is 1.76. The van der Waals surface area contributed by atoms with Crippen LogP contribution in [-0.4, -0.2) is 12.7 Å². The summed E-state index contributed by atoms with van der Waals surface area (Å²) in [5.74, 6) is 1.84. The van der Waals surface area contributed by atoms with Gasteiger partial charge in [0.25, 0.3) is 0 Å². The van der Waals surface area contributed by atoms with E-state index < -0.39 is 0 Å². The fourth-order valence-electron chi connectivity index (χ4n) is 3.33. The summed E-state index contributed by atoms with van der Waals surface area (Å²) in [6, 6.07) is 20.4. The van der Waals surface area contributed by atoms with Crippen LogP contribution in [0.3, 0.4) is 0 Å². The molecule has 1 aliphatic rings. The van der Waals surface area contributed by atoms with Gasteiger partial charge in [-0.3, -0.25) is 0 Å². The number of ether oxygens (including phenoxy) is 2. The van der Waals surface area contributed by atoms with E-state index in [1.165, 1.54) is 16.7 Å². The van der Waals surface area contributed by atoms with Gasteiger partial charge in [-0.25, -0.2) is 0 Å². The van der Waals surface area contributed by atoms with Gasteiger partial charge in [0.2, 0.25) is 0 Å². The Labute approximate surface area is 173 Å². The number of fused-ring (bicyclic) bond motifs is 1. The van der Waals surface area contributed by atoms with Crippen LogP contribution in [0, 0.1) is 6.92 Å². The zero-order valence-corrected chi connectivity index (χ0v) is 17.4. The lowest BCUT2D eigenvalue weighted by atomic mass is 10.0. The number of halogens is 2. The summed E-state index contributed by atoms with van der Waals surface area (Å²) >= 11 is 9.79. The zero-order chi connectivity index (χ0) is 18.8. The zero-order valence-electron chi connectivity index (χ0n) is 15.0. The lowest BCUT2D eigenvalue weighted by molar-refractivity contribution is 0.148. The fraction of sp³-hybridized carbons (Fsp3) is 0.217. The van der Waals surface area contributed by atoms with Crippen molar-refractivity contribution in [3.05, 3.63) is 92.4 Å². The highest BCUT2D eigenvalue weighted by atomic mass is 79.9. The van der Waals surface area contributed by atoms with E-state index >= 15 is 0 Å². The Kier molecular flexibility index (Phi) is 5.42. The minimum Gasteiger partial charge on any atom is -0.490 e. The molecular weight excluding hydrogens is 424 g/mol. The molecule has 27 heavy (non-hydrogen) atoms. The van der Waals surface area contributed by atoms with Crippen molar-refractivity contribution >= 4 is 27.5 Å². The first-order valence-corrected chi connectivity index (χ1v) is 10.2. The predicted octanol–water partition coefficient (Wildman–Crippen LogP) is 6.38. The average molecular weight is 444 g/mol. The van der Waals surface area contributed by atoms with Gasteiger partial charge in [0, 0.05) is 15.9 Å². The standard InChI is InChI=1S/C23H20BrClO2/c1-15-2-9-23-18(10-15)13-21(27-23)14-26-20-6-3-16(4-7-20)11-17-12-19(24)5-8-22(17)25/h2-10,12,21H,11,13-14H2,1H3. The third-order valence-electron chi connectivity index (χ3n) is 4.72. The second-order valence-corrected chi connectivity index (χ2v) is 8.25. The topological polar surface area (TPSA) is 18.5 Å². The first-order chi connectivity index (χ1) is 13.1. The molecule has 0 spiro atoms. The minimum atomic E-state index is 0.0713. The van der Waals surface area contributed by atoms with Crippen molar-refractivity contribution in [1.82, 2.24) is 0 Å². The molecule has 1 atom stereocenters. The predicted molar refractivity (Wildman–Crippen MR) is 113 cm³/mol. The molecule has 1 heterocycles. The van der Waals surface area contributed by atoms with Crippen molar-refractivity contribution in [2.75, 3.05) is 6.61 Å². The molecule has 1 aliphatic heterocycles. The molecule has 0 aliphatic carbocycles. The van der Waals surface area contributed by atoms with Crippen molar-refractivity contribution in [1.29, 1.82) is 0 Å². The van der Waals surface area contributed by atoms with Crippen LogP contribution >= 0.6 is 27.5 Å². The van der Waals surface area contributed by atoms with Gasteiger partial charge in [-0.1, -0.05) is 57.4 Å². The van der Waals surface area contributed by atoms with Crippen LogP contribution in [0.2, 0.25) is 5.02 Å². The van der Waals surface area contributed by atoms with Crippen LogP contribution in [0.25, 0.3) is 0 Å². The van der Waals surface area contributed by atoms with Crippen LogP contribution < -0.4 is 9.47 Å². The van der Waals surface area contributed by atoms with Crippen LogP contribution in [0.4, 0.5) is 0 Å². The summed E-state index contributed by atoms with van der Waals surface area (Å²) in [5.41, 5.74) is 4.83. The molecule has 138 valence electrons. The van der Waals surface area contributed by atoms with Crippen molar-refractivity contribution in [2.24, 2.45) is 0 Å². The van der Waals surface area contributed by atoms with Gasteiger partial charge in [0.15, 0.2) is 0 Å². The Morgan fingerprint density at radius 2 is 1.89 bits per heavy atom. The molecular formula is C23H20BrClO2. The van der Waals surface area contributed by atoms with E-state index in [0.29, 0.717) is 6.61 Å². The van der Waals surface area contributed by atoms with Crippen LogP contribution in [0.5, 0.6) is 11.5 Å². The molecule has 0 N–H and O–H groups in total. The van der Waals surface area contributed by atoms with Gasteiger partial charge in [0.1, 0.15) is 24.2 Å². The lowest BCUT2D eigenvalue weighted by Gasteiger charge is -2.13. The van der Waals surface area contributed by atoms with Gasteiger partial charge in [-0.05, 0) is 66.4 Å². The van der Waals surface area contributed by atoms with E-state index in [2.05, 4.69) is 53.2 Å². The molecule has 0 fully saturated rings. The summed E-state index contributed by atoms with van der Waals surface area (Å²) < 4.78 is 12.9. The number of hydrogen-bond acceptors (Lipinski definition) is 2. The molecule has 0 radical (unpaired) electrons. The Morgan fingerprint density at radius 1 is 1.07 bits per heavy atom. The normalized spacial score (nSPS) is 15.3. The van der Waals surface area contributed by atoms with Gasteiger partial charge in [0.05, 0.1) is 0 Å². The molecule has 2 nitrogen and oxygen atoms in total. The van der Waals surface area contributed by atoms with Crippen LogP contribution in [0.1, 0.15) is 22.3 Å². The van der Waals surface area contributed by atoms with Gasteiger partial charge < -0.3 is 9.47 Å². The first kappa shape index (κ1) is 18.4. The number of rotatable bonds is 5. The Morgan fingerprint density at radius 3 is 2.70 bits per heavy atom. The van der Waals surface area contributed by atoms with Gasteiger partial charge >= 0.3 is 0 Å². The van der Waals surface area contributed by atoms with Crippen molar-refractivity contribution < 1.29 is 9.47 Å². The molecule has 0 amide bonds. The van der Waals surface area contributed by atoms with Crippen molar-refractivity contribution in [3.63, 3.8) is 0 Å². The highest BCUT2D eigenvalue weighted by Gasteiger charge is 2.23. The van der Waals surface area contributed by atoms with Crippen molar-refractivity contribution in [3.8, 4) is 11.5 Å². The summed E-state index contributed by atoms with van der Waals surface area (Å²) in [4.78, 5) is 0. The van der Waals surface area contributed by atoms with E-state index in [9.17, 15) is 0 Å². The molecule has 1 unspecified atom stereocenters. The van der Waals surface area contributed by atoms with E-state index in [1.807, 2.05) is 30.3 Å². The smallest absolute Gasteiger partial charge is 0.137 e. The maximum absolute atomic E-state index is 6.29. The average Bonchev–Trinajstić information content (AvgIpc) is 3.06. The van der Waals surface area contributed by atoms with E-state index in [-0.39, 0.29) is 6.10 Å². The fourth-order valence-corrected chi connectivity index (χ4v) is 3.93. The summed E-state index contributed by atoms with van der Waals surface area (Å²) in [7, 11) is 0. The minimum absolute atomic E-state index is 0.0713. The first-order valence-electron chi connectivity index (χ1n) is 8.99. The Balaban J connectivity index is 1.34. The van der Waals surface area contributed by atoms with E-state index in [1.54, 1.807) is 0 Å². The summed E-state index contributed by atoms with van der Waals surface area (Å²) in [6.45, 7) is 2.65. The second kappa shape index (κ2) is 7.95. The molecule has 3 aromatic carbocycles. The van der Waals surface area contributed by atoms with Gasteiger partial charge in [-0.15, -0.1) is 0 Å². The molecule has 3 aromatic rings. The highest BCUT2D eigenvalue weighted by Crippen LogP contribution is 2.30. The Hall–Kier alpha value is -1.97. The lowest BCUT2D eigenvalue weighted by Crippen LogP contribution is -2.22. The number of benzene rings is 3. The quantitative estimate of drug-likeness (QED) is 0.455. The van der Waals surface area contributed by atoms with Crippen LogP contribution in [-0.2, 0) is 12.8 Å². The molecule has 0 saturated heterocycles. The molecule has 4 rings (SSSR count). The van der Waals surface area contributed by atoms with E-state index in [4.69, 9.17) is 21.1 Å². The summed E-state index contributed by atoms with van der Waals surface area (Å²) in [5, 5.41) is 0.784. The number of aryl methyl sites for hydroxylation is 1. The largest absolute Gasteiger partial charge is 0.490 e. The molecule has 0 aromatic heterocycles.